The lowest BCUT2D eigenvalue weighted by atomic mass is 10.00. The Kier molecular flexibility index (Phi) is 7.74. The molecule has 0 saturated carbocycles. The number of hydrogen-bond acceptors (Lipinski definition) is 0. The first-order valence-electron chi connectivity index (χ1n) is 9.54. The summed E-state index contributed by atoms with van der Waals surface area (Å²) in [6.45, 7) is 6.33. The largest absolute Gasteiger partial charge is 0.206 e. The topological polar surface area (TPSA) is 0 Å². The van der Waals surface area contributed by atoms with Gasteiger partial charge >= 0.3 is 0 Å². The number of benzene rings is 2. The van der Waals surface area contributed by atoms with Crippen LogP contribution in [0.5, 0.6) is 0 Å². The lowest BCUT2D eigenvalue weighted by Crippen LogP contribution is -1.94. The molecule has 1 heteroatoms. The molecule has 0 spiro atoms. The Labute approximate surface area is 152 Å². The fourth-order valence-electron chi connectivity index (χ4n) is 2.97. The zero-order chi connectivity index (χ0) is 18.1. The summed E-state index contributed by atoms with van der Waals surface area (Å²) in [5, 5.41) is 0. The third kappa shape index (κ3) is 6.05. The summed E-state index contributed by atoms with van der Waals surface area (Å²) < 4.78 is 14.4. The number of rotatable bonds is 7. The van der Waals surface area contributed by atoms with Gasteiger partial charge in [0.2, 0.25) is 0 Å². The first-order chi connectivity index (χ1) is 12.1. The smallest absolute Gasteiger partial charge is 0.139 e. The minimum absolute atomic E-state index is 0.196. The Morgan fingerprint density at radius 3 is 2.12 bits per heavy atom. The summed E-state index contributed by atoms with van der Waals surface area (Å²) in [4.78, 5) is 0. The molecule has 2 aromatic carbocycles. The van der Waals surface area contributed by atoms with Gasteiger partial charge in [-0.3, -0.25) is 0 Å². The van der Waals surface area contributed by atoms with E-state index in [1.54, 1.807) is 6.07 Å². The maximum Gasteiger partial charge on any atom is 0.139 e. The van der Waals surface area contributed by atoms with Gasteiger partial charge in [-0.1, -0.05) is 63.1 Å². The molecule has 0 atom stereocenters. The van der Waals surface area contributed by atoms with E-state index in [-0.39, 0.29) is 5.82 Å². The molecule has 2 aromatic rings. The minimum Gasteiger partial charge on any atom is -0.206 e. The maximum absolute atomic E-state index is 14.4. The molecule has 0 aliphatic rings. The highest BCUT2D eigenvalue weighted by atomic mass is 19.1. The summed E-state index contributed by atoms with van der Waals surface area (Å²) in [5.74, 6) is 5.94. The Morgan fingerprint density at radius 2 is 1.48 bits per heavy atom. The summed E-state index contributed by atoms with van der Waals surface area (Å²) in [5.41, 5.74) is 4.81. The Bertz CT molecular complexity index is 706. The second-order valence-electron chi connectivity index (χ2n) is 6.78. The summed E-state index contributed by atoms with van der Waals surface area (Å²) >= 11 is 0. The van der Waals surface area contributed by atoms with Crippen molar-refractivity contribution in [1.82, 2.24) is 0 Å². The minimum atomic E-state index is -0.196. The van der Waals surface area contributed by atoms with Crippen molar-refractivity contribution >= 4 is 0 Å². The van der Waals surface area contributed by atoms with E-state index in [0.29, 0.717) is 5.56 Å². The molecule has 0 aliphatic heterocycles. The van der Waals surface area contributed by atoms with Crippen LogP contribution in [0, 0.1) is 24.6 Å². The summed E-state index contributed by atoms with van der Waals surface area (Å²) in [6, 6.07) is 12.0. The molecule has 25 heavy (non-hydrogen) atoms. The first kappa shape index (κ1) is 19.3. The van der Waals surface area contributed by atoms with Crippen LogP contribution in [-0.2, 0) is 12.8 Å². The van der Waals surface area contributed by atoms with Crippen LogP contribution in [-0.4, -0.2) is 0 Å². The molecule has 0 radical (unpaired) electrons. The van der Waals surface area contributed by atoms with Crippen molar-refractivity contribution in [3.05, 3.63) is 70.0 Å². The lowest BCUT2D eigenvalue weighted by Gasteiger charge is -2.06. The van der Waals surface area contributed by atoms with Gasteiger partial charge in [0.05, 0.1) is 5.56 Å². The van der Waals surface area contributed by atoms with Gasteiger partial charge in [-0.2, -0.15) is 0 Å². The highest BCUT2D eigenvalue weighted by Crippen LogP contribution is 2.17. The van der Waals surface area contributed by atoms with E-state index in [0.717, 1.165) is 36.0 Å². The summed E-state index contributed by atoms with van der Waals surface area (Å²) in [7, 11) is 0. The third-order valence-corrected chi connectivity index (χ3v) is 4.52. The monoisotopic (exact) mass is 336 g/mol. The molecule has 0 aliphatic carbocycles. The predicted octanol–water partition coefficient (Wildman–Crippen LogP) is 6.61. The quantitative estimate of drug-likeness (QED) is 0.394. The zero-order valence-electron chi connectivity index (χ0n) is 15.8. The van der Waals surface area contributed by atoms with Gasteiger partial charge in [0.1, 0.15) is 5.82 Å². The van der Waals surface area contributed by atoms with Crippen molar-refractivity contribution in [2.24, 2.45) is 0 Å². The van der Waals surface area contributed by atoms with Gasteiger partial charge in [0.25, 0.3) is 0 Å². The first-order valence-corrected chi connectivity index (χ1v) is 9.54. The Balaban J connectivity index is 2.11. The third-order valence-electron chi connectivity index (χ3n) is 4.52. The number of halogens is 1. The predicted molar refractivity (Wildman–Crippen MR) is 105 cm³/mol. The van der Waals surface area contributed by atoms with Crippen LogP contribution in [0.25, 0.3) is 0 Å². The second kappa shape index (κ2) is 10.0. The van der Waals surface area contributed by atoms with E-state index in [2.05, 4.69) is 43.9 Å². The van der Waals surface area contributed by atoms with E-state index >= 15 is 0 Å². The lowest BCUT2D eigenvalue weighted by molar-refractivity contribution is 0.618. The van der Waals surface area contributed by atoms with Crippen molar-refractivity contribution in [1.29, 1.82) is 0 Å². The summed E-state index contributed by atoms with van der Waals surface area (Å²) in [6.07, 6.45) is 7.95. The fourth-order valence-corrected chi connectivity index (χ4v) is 2.97. The highest BCUT2D eigenvalue weighted by Gasteiger charge is 2.06. The van der Waals surface area contributed by atoms with Gasteiger partial charge in [-0.15, -0.1) is 0 Å². The molecular weight excluding hydrogens is 307 g/mol. The Hall–Kier alpha value is -2.07. The molecule has 0 heterocycles. The number of aryl methyl sites for hydroxylation is 3. The standard InChI is InChI=1S/C24H29F/c1-4-6-8-10-22-17-19(3)23(24(25)18-22)16-15-21-13-11-20(12-14-21)9-7-5-2/h11-14,17-18H,4-10H2,1-3H3. The average molecular weight is 336 g/mol. The molecule has 0 N–H and O–H groups in total. The van der Waals surface area contributed by atoms with E-state index < -0.39 is 0 Å². The SMILES string of the molecule is CCCCCc1cc(C)c(C#Cc2ccc(CCCC)cc2)c(F)c1. The van der Waals surface area contributed by atoms with Gasteiger partial charge in [-0.05, 0) is 67.5 Å². The van der Waals surface area contributed by atoms with Crippen LogP contribution in [0.2, 0.25) is 0 Å². The van der Waals surface area contributed by atoms with Crippen LogP contribution in [0.1, 0.15) is 73.8 Å². The number of unbranched alkanes of at least 4 members (excludes halogenated alkanes) is 3. The molecule has 0 saturated heterocycles. The van der Waals surface area contributed by atoms with E-state index in [1.807, 2.05) is 19.1 Å². The van der Waals surface area contributed by atoms with Crippen LogP contribution < -0.4 is 0 Å². The molecule has 0 unspecified atom stereocenters. The maximum atomic E-state index is 14.4. The molecule has 0 aromatic heterocycles. The molecular formula is C24H29F. The van der Waals surface area contributed by atoms with Crippen molar-refractivity contribution in [2.45, 2.75) is 65.7 Å². The molecule has 0 bridgehead atoms. The van der Waals surface area contributed by atoms with Gasteiger partial charge in [0.15, 0.2) is 0 Å². The van der Waals surface area contributed by atoms with E-state index in [9.17, 15) is 4.39 Å². The van der Waals surface area contributed by atoms with Crippen LogP contribution in [0.4, 0.5) is 4.39 Å². The van der Waals surface area contributed by atoms with Crippen LogP contribution >= 0.6 is 0 Å². The van der Waals surface area contributed by atoms with Gasteiger partial charge in [0, 0.05) is 5.56 Å². The molecule has 132 valence electrons. The molecule has 0 fully saturated rings. The van der Waals surface area contributed by atoms with Crippen LogP contribution in [0.15, 0.2) is 36.4 Å². The zero-order valence-corrected chi connectivity index (χ0v) is 15.8. The molecule has 0 nitrogen and oxygen atoms in total. The second-order valence-corrected chi connectivity index (χ2v) is 6.78. The number of hydrogen-bond donors (Lipinski definition) is 0. The molecule has 0 amide bonds. The van der Waals surface area contributed by atoms with E-state index in [1.165, 1.54) is 31.2 Å². The van der Waals surface area contributed by atoms with Gasteiger partial charge in [-0.25, -0.2) is 4.39 Å². The van der Waals surface area contributed by atoms with E-state index in [4.69, 9.17) is 0 Å². The normalized spacial score (nSPS) is 10.4. The van der Waals surface area contributed by atoms with Crippen molar-refractivity contribution in [3.63, 3.8) is 0 Å². The Morgan fingerprint density at radius 1 is 0.800 bits per heavy atom. The van der Waals surface area contributed by atoms with Crippen molar-refractivity contribution in [2.75, 3.05) is 0 Å². The highest BCUT2D eigenvalue weighted by molar-refractivity contribution is 5.48. The van der Waals surface area contributed by atoms with Crippen LogP contribution in [0.3, 0.4) is 0 Å². The fraction of sp³-hybridized carbons (Fsp3) is 0.417. The van der Waals surface area contributed by atoms with Gasteiger partial charge < -0.3 is 0 Å². The average Bonchev–Trinajstić information content (AvgIpc) is 2.60. The van der Waals surface area contributed by atoms with Crippen molar-refractivity contribution < 1.29 is 4.39 Å². The van der Waals surface area contributed by atoms with Crippen molar-refractivity contribution in [3.8, 4) is 11.8 Å². The molecule has 2 rings (SSSR count).